The Kier molecular flexibility index (Phi) is 5.82. The number of ether oxygens (including phenoxy) is 2. The van der Waals surface area contributed by atoms with Gasteiger partial charge in [-0.05, 0) is 26.3 Å². The summed E-state index contributed by atoms with van der Waals surface area (Å²) in [6, 6.07) is -0.214. The molecule has 0 aromatic carbocycles. The zero-order valence-electron chi connectivity index (χ0n) is 11.2. The second-order valence-electron chi connectivity index (χ2n) is 5.10. The number of hydrogen-bond acceptors (Lipinski definition) is 5. The fourth-order valence-electron chi connectivity index (χ4n) is 2.52. The summed E-state index contributed by atoms with van der Waals surface area (Å²) >= 11 is 0. The van der Waals surface area contributed by atoms with Crippen LogP contribution in [0.1, 0.15) is 19.8 Å². The van der Waals surface area contributed by atoms with Crippen LogP contribution >= 0.6 is 0 Å². The molecule has 17 heavy (non-hydrogen) atoms. The van der Waals surface area contributed by atoms with Crippen LogP contribution in [-0.4, -0.2) is 68.2 Å². The van der Waals surface area contributed by atoms with Crippen molar-refractivity contribution in [2.24, 2.45) is 5.73 Å². The highest BCUT2D eigenvalue weighted by atomic mass is 16.5. The van der Waals surface area contributed by atoms with Gasteiger partial charge in [0.25, 0.3) is 0 Å². The van der Waals surface area contributed by atoms with Gasteiger partial charge in [0.2, 0.25) is 0 Å². The molecule has 0 amide bonds. The second kappa shape index (κ2) is 6.66. The number of nitrogens with zero attached hydrogens (tertiary/aromatic N) is 1. The Balaban J connectivity index is 2.62. The highest BCUT2D eigenvalue weighted by Gasteiger charge is 2.35. The van der Waals surface area contributed by atoms with E-state index in [1.807, 2.05) is 0 Å². The first-order valence-corrected chi connectivity index (χ1v) is 6.21. The van der Waals surface area contributed by atoms with Crippen molar-refractivity contribution < 1.29 is 14.6 Å². The monoisotopic (exact) mass is 246 g/mol. The maximum Gasteiger partial charge on any atom is 0.0777 e. The Morgan fingerprint density at radius 2 is 2.18 bits per heavy atom. The van der Waals surface area contributed by atoms with E-state index in [1.54, 1.807) is 14.2 Å². The summed E-state index contributed by atoms with van der Waals surface area (Å²) in [5.74, 6) is 0. The van der Waals surface area contributed by atoms with E-state index < -0.39 is 0 Å². The molecule has 3 atom stereocenters. The minimum atomic E-state index is -0.163. The van der Waals surface area contributed by atoms with Crippen molar-refractivity contribution in [3.63, 3.8) is 0 Å². The van der Waals surface area contributed by atoms with E-state index in [2.05, 4.69) is 11.8 Å². The summed E-state index contributed by atoms with van der Waals surface area (Å²) in [6.07, 6.45) is 2.12. The third-order valence-electron chi connectivity index (χ3n) is 3.69. The Hall–Kier alpha value is -0.200. The van der Waals surface area contributed by atoms with E-state index in [9.17, 15) is 5.11 Å². The lowest BCUT2D eigenvalue weighted by molar-refractivity contribution is -0.0717. The number of likely N-dealkylation sites (tertiary alicyclic amines) is 1. The van der Waals surface area contributed by atoms with Gasteiger partial charge in [0.05, 0.1) is 24.9 Å². The van der Waals surface area contributed by atoms with E-state index in [0.29, 0.717) is 6.61 Å². The number of aliphatic hydroxyl groups is 1. The Morgan fingerprint density at radius 3 is 2.71 bits per heavy atom. The molecule has 0 spiro atoms. The predicted octanol–water partition coefficient (Wildman–Crippen LogP) is -0.178. The number of hydrogen-bond donors (Lipinski definition) is 2. The summed E-state index contributed by atoms with van der Waals surface area (Å²) in [6.45, 7) is 4.40. The molecule has 1 saturated heterocycles. The Bertz CT molecular complexity index is 228. The largest absolute Gasteiger partial charge is 0.395 e. The normalized spacial score (nSPS) is 30.2. The van der Waals surface area contributed by atoms with Gasteiger partial charge in [0.15, 0.2) is 0 Å². The van der Waals surface area contributed by atoms with Crippen molar-refractivity contribution in [1.82, 2.24) is 4.90 Å². The minimum Gasteiger partial charge on any atom is -0.395 e. The van der Waals surface area contributed by atoms with Crippen LogP contribution in [0.4, 0.5) is 0 Å². The molecular formula is C12H26N2O3. The summed E-state index contributed by atoms with van der Waals surface area (Å²) in [5.41, 5.74) is 5.91. The molecule has 3 N–H and O–H groups in total. The first-order chi connectivity index (χ1) is 8.06. The molecule has 102 valence electrons. The van der Waals surface area contributed by atoms with E-state index in [4.69, 9.17) is 15.2 Å². The topological polar surface area (TPSA) is 68.0 Å². The van der Waals surface area contributed by atoms with Crippen molar-refractivity contribution >= 4 is 0 Å². The Labute approximate surface area is 104 Å². The van der Waals surface area contributed by atoms with Gasteiger partial charge in [0.1, 0.15) is 0 Å². The van der Waals surface area contributed by atoms with Crippen LogP contribution in [0.2, 0.25) is 0 Å². The standard InChI is InChI=1S/C12H26N2O3/c1-12(17-3)5-4-6-14(9-12)11(7-15)10(13)8-16-2/h10-11,15H,4-9,13H2,1-3H3. The molecule has 0 radical (unpaired) electrons. The zero-order chi connectivity index (χ0) is 12.9. The smallest absolute Gasteiger partial charge is 0.0777 e. The van der Waals surface area contributed by atoms with Crippen LogP contribution in [0.25, 0.3) is 0 Å². The average molecular weight is 246 g/mol. The summed E-state index contributed by atoms with van der Waals surface area (Å²) in [7, 11) is 3.37. The SMILES string of the molecule is COCC(N)C(CO)N1CCCC(C)(OC)C1. The van der Waals surface area contributed by atoms with Gasteiger partial charge in [-0.2, -0.15) is 0 Å². The van der Waals surface area contributed by atoms with Crippen LogP contribution in [0.5, 0.6) is 0 Å². The second-order valence-corrected chi connectivity index (χ2v) is 5.10. The number of nitrogens with two attached hydrogens (primary N) is 1. The molecule has 1 fully saturated rings. The van der Waals surface area contributed by atoms with Crippen molar-refractivity contribution in [2.45, 2.75) is 37.5 Å². The lowest BCUT2D eigenvalue weighted by Gasteiger charge is -2.44. The summed E-state index contributed by atoms with van der Waals surface area (Å²) in [4.78, 5) is 2.22. The average Bonchev–Trinajstić information content (AvgIpc) is 2.30. The zero-order valence-corrected chi connectivity index (χ0v) is 11.2. The van der Waals surface area contributed by atoms with E-state index >= 15 is 0 Å². The Morgan fingerprint density at radius 1 is 1.47 bits per heavy atom. The van der Waals surface area contributed by atoms with Gasteiger partial charge in [-0.15, -0.1) is 0 Å². The quantitative estimate of drug-likeness (QED) is 0.680. The van der Waals surface area contributed by atoms with Crippen molar-refractivity contribution in [2.75, 3.05) is 40.5 Å². The molecule has 1 aliphatic heterocycles. The van der Waals surface area contributed by atoms with E-state index in [0.717, 1.165) is 25.9 Å². The lowest BCUT2D eigenvalue weighted by atomic mass is 9.92. The van der Waals surface area contributed by atoms with Crippen molar-refractivity contribution in [3.05, 3.63) is 0 Å². The number of aliphatic hydroxyl groups excluding tert-OH is 1. The maximum atomic E-state index is 9.50. The predicted molar refractivity (Wildman–Crippen MR) is 66.9 cm³/mol. The maximum absolute atomic E-state index is 9.50. The highest BCUT2D eigenvalue weighted by molar-refractivity contribution is 4.91. The first kappa shape index (κ1) is 14.9. The third-order valence-corrected chi connectivity index (χ3v) is 3.69. The molecule has 5 nitrogen and oxygen atoms in total. The molecular weight excluding hydrogens is 220 g/mol. The number of rotatable bonds is 6. The van der Waals surface area contributed by atoms with Crippen molar-refractivity contribution in [1.29, 1.82) is 0 Å². The molecule has 0 aliphatic carbocycles. The fourth-order valence-corrected chi connectivity index (χ4v) is 2.52. The van der Waals surface area contributed by atoms with Crippen LogP contribution < -0.4 is 5.73 Å². The van der Waals surface area contributed by atoms with Crippen molar-refractivity contribution in [3.8, 4) is 0 Å². The molecule has 0 aromatic heterocycles. The molecule has 1 heterocycles. The fraction of sp³-hybridized carbons (Fsp3) is 1.00. The number of methoxy groups -OCH3 is 2. The van der Waals surface area contributed by atoms with Gasteiger partial charge in [-0.25, -0.2) is 0 Å². The van der Waals surface area contributed by atoms with Gasteiger partial charge < -0.3 is 20.3 Å². The van der Waals surface area contributed by atoms with E-state index in [1.165, 1.54) is 0 Å². The number of piperidine rings is 1. The molecule has 3 unspecified atom stereocenters. The molecule has 1 aliphatic rings. The molecule has 0 bridgehead atoms. The summed E-state index contributed by atoms with van der Waals surface area (Å²) in [5, 5.41) is 9.50. The molecule has 0 aromatic rings. The van der Waals surface area contributed by atoms with Gasteiger partial charge in [-0.1, -0.05) is 0 Å². The molecule has 5 heteroatoms. The minimum absolute atomic E-state index is 0.0512. The molecule has 1 rings (SSSR count). The van der Waals surface area contributed by atoms with Gasteiger partial charge in [-0.3, -0.25) is 4.90 Å². The van der Waals surface area contributed by atoms with E-state index in [-0.39, 0.29) is 24.3 Å². The summed E-state index contributed by atoms with van der Waals surface area (Å²) < 4.78 is 10.6. The third kappa shape index (κ3) is 3.89. The lowest BCUT2D eigenvalue weighted by Crippen LogP contribution is -2.58. The molecule has 0 saturated carbocycles. The first-order valence-electron chi connectivity index (χ1n) is 6.21. The van der Waals surface area contributed by atoms with Gasteiger partial charge >= 0.3 is 0 Å². The highest BCUT2D eigenvalue weighted by Crippen LogP contribution is 2.25. The van der Waals surface area contributed by atoms with Crippen LogP contribution in [0.15, 0.2) is 0 Å². The van der Waals surface area contributed by atoms with Crippen LogP contribution in [0.3, 0.4) is 0 Å². The van der Waals surface area contributed by atoms with Gasteiger partial charge in [0, 0.05) is 26.8 Å². The van der Waals surface area contributed by atoms with Crippen LogP contribution in [-0.2, 0) is 9.47 Å². The van der Waals surface area contributed by atoms with Crippen LogP contribution in [0, 0.1) is 0 Å².